The molecule has 1 unspecified atom stereocenters. The van der Waals surface area contributed by atoms with E-state index in [1.165, 1.54) is 44.7 Å². The summed E-state index contributed by atoms with van der Waals surface area (Å²) in [5, 5.41) is 27.9. The van der Waals surface area contributed by atoms with Gasteiger partial charge in [0.25, 0.3) is 5.91 Å². The van der Waals surface area contributed by atoms with Gasteiger partial charge in [-0.25, -0.2) is 4.98 Å². The summed E-state index contributed by atoms with van der Waals surface area (Å²) in [7, 11) is 0. The molecule has 1 amide bonds. The number of carbonyl (C=O) groups excluding carboxylic acids is 2. The quantitative estimate of drug-likeness (QED) is 0.163. The number of Topliss-reactive ketones (excluding diaryl/α,β-unsaturated/α-hetero) is 1. The Morgan fingerprint density at radius 1 is 1.20 bits per heavy atom. The van der Waals surface area contributed by atoms with E-state index in [0.717, 1.165) is 5.92 Å². The van der Waals surface area contributed by atoms with Crippen molar-refractivity contribution in [1.29, 1.82) is 5.26 Å². The number of aliphatic hydroxyl groups excluding tert-OH is 1. The third-order valence-electron chi connectivity index (χ3n) is 5.99. The Labute approximate surface area is 241 Å². The number of anilines is 1. The highest BCUT2D eigenvalue weighted by molar-refractivity contribution is 7.12. The van der Waals surface area contributed by atoms with Gasteiger partial charge in [-0.05, 0) is 75.3 Å². The van der Waals surface area contributed by atoms with Crippen LogP contribution in [0.3, 0.4) is 0 Å². The molecule has 3 N–H and O–H groups in total. The zero-order valence-corrected chi connectivity index (χ0v) is 24.9. The lowest BCUT2D eigenvalue weighted by atomic mass is 9.96. The molecule has 40 heavy (non-hydrogen) atoms. The molecule has 1 saturated heterocycles. The maximum Gasteiger partial charge on any atom is 0.266 e. The van der Waals surface area contributed by atoms with Crippen molar-refractivity contribution < 1.29 is 14.7 Å². The summed E-state index contributed by atoms with van der Waals surface area (Å²) < 4.78 is 0. The molecule has 0 bridgehead atoms. The molecule has 2 aromatic heterocycles. The summed E-state index contributed by atoms with van der Waals surface area (Å²) in [4.78, 5) is 29.6. The predicted molar refractivity (Wildman–Crippen MR) is 165 cm³/mol. The lowest BCUT2D eigenvalue weighted by molar-refractivity contribution is 0.101. The van der Waals surface area contributed by atoms with E-state index in [9.17, 15) is 20.0 Å². The molecule has 0 aliphatic carbocycles. The fourth-order valence-electron chi connectivity index (χ4n) is 3.95. The average molecular weight is 559 g/mol. The number of nitrogens with one attached hydrogen (secondary N) is 2. The van der Waals surface area contributed by atoms with E-state index in [1.54, 1.807) is 60.0 Å². The van der Waals surface area contributed by atoms with Crippen molar-refractivity contribution in [2.24, 2.45) is 5.92 Å². The first-order valence-corrected chi connectivity index (χ1v) is 14.3. The van der Waals surface area contributed by atoms with E-state index in [0.29, 0.717) is 32.8 Å². The minimum Gasteiger partial charge on any atom is -0.512 e. The Morgan fingerprint density at radius 3 is 2.45 bits per heavy atom. The molecule has 8 heteroatoms. The van der Waals surface area contributed by atoms with Gasteiger partial charge in [-0.3, -0.25) is 9.59 Å². The van der Waals surface area contributed by atoms with E-state index in [1.807, 2.05) is 20.8 Å². The van der Waals surface area contributed by atoms with E-state index in [4.69, 9.17) is 0 Å². The van der Waals surface area contributed by atoms with Crippen LogP contribution in [-0.2, 0) is 0 Å². The van der Waals surface area contributed by atoms with Gasteiger partial charge in [-0.15, -0.1) is 11.3 Å². The van der Waals surface area contributed by atoms with Crippen LogP contribution in [-0.4, -0.2) is 34.9 Å². The molecule has 1 aliphatic heterocycles. The number of amides is 1. The molecule has 0 saturated carbocycles. The van der Waals surface area contributed by atoms with Crippen LogP contribution >= 0.6 is 11.3 Å². The summed E-state index contributed by atoms with van der Waals surface area (Å²) in [6.45, 7) is 13.6. The van der Waals surface area contributed by atoms with Gasteiger partial charge in [-0.2, -0.15) is 5.26 Å². The number of rotatable bonds is 6. The first-order chi connectivity index (χ1) is 19.2. The smallest absolute Gasteiger partial charge is 0.266 e. The first kappa shape index (κ1) is 32.2. The number of thiophene rings is 1. The highest BCUT2D eigenvalue weighted by Crippen LogP contribution is 2.33. The van der Waals surface area contributed by atoms with Gasteiger partial charge < -0.3 is 15.7 Å². The number of carbonyl (C=O) groups is 2. The van der Waals surface area contributed by atoms with Crippen LogP contribution in [0, 0.1) is 17.2 Å². The lowest BCUT2D eigenvalue weighted by Gasteiger charge is -2.14. The number of hydrogen-bond acceptors (Lipinski definition) is 7. The molecule has 7 nitrogen and oxygen atoms in total. The van der Waals surface area contributed by atoms with Gasteiger partial charge in [0, 0.05) is 16.7 Å². The Balaban J connectivity index is 0.000000609. The Hall–Kier alpha value is -4.06. The number of nitrogens with zero attached hydrogens (tertiary/aromatic N) is 2. The second-order valence-corrected chi connectivity index (χ2v) is 10.0. The molecule has 3 aromatic rings. The first-order valence-electron chi connectivity index (χ1n) is 13.4. The van der Waals surface area contributed by atoms with Gasteiger partial charge in [-0.1, -0.05) is 57.2 Å². The van der Waals surface area contributed by atoms with Crippen LogP contribution < -0.4 is 10.6 Å². The molecule has 0 radical (unpaired) electrons. The number of benzene rings is 1. The summed E-state index contributed by atoms with van der Waals surface area (Å²) >= 11 is 1.27. The highest BCUT2D eigenvalue weighted by atomic mass is 32.1. The number of nitriles is 1. The fourth-order valence-corrected chi connectivity index (χ4v) is 4.57. The van der Waals surface area contributed by atoms with E-state index < -0.39 is 0 Å². The summed E-state index contributed by atoms with van der Waals surface area (Å²) in [6, 6.07) is 14.1. The van der Waals surface area contributed by atoms with Crippen molar-refractivity contribution in [2.45, 2.75) is 48.0 Å². The summed E-state index contributed by atoms with van der Waals surface area (Å²) in [5.74, 6) is 0.563. The van der Waals surface area contributed by atoms with Crippen LogP contribution in [0.1, 0.15) is 79.3 Å². The molecular weight excluding hydrogens is 520 g/mol. The fraction of sp³-hybridized carbons (Fsp3) is 0.312. The van der Waals surface area contributed by atoms with Gasteiger partial charge in [0.15, 0.2) is 11.6 Å². The van der Waals surface area contributed by atoms with E-state index >= 15 is 0 Å². The van der Waals surface area contributed by atoms with Crippen molar-refractivity contribution in [2.75, 3.05) is 18.4 Å². The van der Waals surface area contributed by atoms with Gasteiger partial charge in [0.2, 0.25) is 0 Å². The molecular formula is C32H38N4O3S. The van der Waals surface area contributed by atoms with Crippen LogP contribution in [0.15, 0.2) is 65.8 Å². The molecule has 1 aliphatic rings. The molecule has 3 heterocycles. The SMILES string of the molecule is C/C=C\C(=C(/C)O)c1cc(-c2cccc(C(C)=O)c2)c(C#N)c(NC(=O)c2cccs2)n1.CC.CC1CCNC1. The van der Waals surface area contributed by atoms with Gasteiger partial charge >= 0.3 is 0 Å². The van der Waals surface area contributed by atoms with Crippen LogP contribution in [0.5, 0.6) is 0 Å². The largest absolute Gasteiger partial charge is 0.512 e. The van der Waals surface area contributed by atoms with Crippen LogP contribution in [0.2, 0.25) is 0 Å². The van der Waals surface area contributed by atoms with Gasteiger partial charge in [0.05, 0.1) is 16.3 Å². The average Bonchev–Trinajstić information content (AvgIpc) is 3.67. The van der Waals surface area contributed by atoms with Crippen molar-refractivity contribution in [3.63, 3.8) is 0 Å². The van der Waals surface area contributed by atoms with Crippen molar-refractivity contribution in [3.8, 4) is 17.2 Å². The minimum absolute atomic E-state index is 0.0410. The molecule has 0 spiro atoms. The number of allylic oxidation sites excluding steroid dienone is 4. The zero-order chi connectivity index (χ0) is 29.7. The number of ketones is 1. The number of pyridine rings is 1. The number of aliphatic hydroxyl groups is 1. The van der Waals surface area contributed by atoms with Crippen molar-refractivity contribution >= 4 is 34.4 Å². The predicted octanol–water partition coefficient (Wildman–Crippen LogP) is 7.64. The lowest BCUT2D eigenvalue weighted by Crippen LogP contribution is -2.14. The monoisotopic (exact) mass is 558 g/mol. The Morgan fingerprint density at radius 2 is 1.95 bits per heavy atom. The van der Waals surface area contributed by atoms with Crippen LogP contribution in [0.25, 0.3) is 16.7 Å². The standard InChI is InChI=1S/C25H21N3O3S.C5H11N.C2H6/c1-4-7-19(16(3)30)22-13-20(18-9-5-8-17(12-18)15(2)29)21(14-26)24(27-22)28-25(31)23-10-6-11-32-23;1-5-2-3-6-4-5;1-2/h4-13,30H,1-3H3,(H,27,28,31);5-6H,2-4H2,1H3;1-2H3/b7-4-,19-16-;;. The minimum atomic E-state index is -0.387. The molecule has 1 aromatic carbocycles. The topological polar surface area (TPSA) is 115 Å². The third-order valence-corrected chi connectivity index (χ3v) is 6.86. The Bertz CT molecular complexity index is 1390. The highest BCUT2D eigenvalue weighted by Gasteiger charge is 2.20. The van der Waals surface area contributed by atoms with E-state index in [-0.39, 0.29) is 28.8 Å². The van der Waals surface area contributed by atoms with Crippen molar-refractivity contribution in [1.82, 2.24) is 10.3 Å². The molecule has 1 fully saturated rings. The number of aromatic nitrogens is 1. The van der Waals surface area contributed by atoms with Crippen LogP contribution in [0.4, 0.5) is 5.82 Å². The Kier molecular flexibility index (Phi) is 13.0. The summed E-state index contributed by atoms with van der Waals surface area (Å²) in [5.41, 5.74) is 2.61. The maximum atomic E-state index is 12.7. The second kappa shape index (κ2) is 16.1. The van der Waals surface area contributed by atoms with Crippen molar-refractivity contribution in [3.05, 3.63) is 87.5 Å². The van der Waals surface area contributed by atoms with E-state index in [2.05, 4.69) is 28.6 Å². The second-order valence-electron chi connectivity index (χ2n) is 9.06. The number of hydrogen-bond donors (Lipinski definition) is 3. The zero-order valence-electron chi connectivity index (χ0n) is 24.0. The molecule has 4 rings (SSSR count). The summed E-state index contributed by atoms with van der Waals surface area (Å²) in [6.07, 6.45) is 4.83. The molecule has 1 atom stereocenters. The maximum absolute atomic E-state index is 12.7. The third kappa shape index (κ3) is 8.73. The van der Waals surface area contributed by atoms with Gasteiger partial charge in [0.1, 0.15) is 11.6 Å². The normalized spacial score (nSPS) is 14.7. The molecule has 210 valence electrons.